The monoisotopic (exact) mass is 476 g/mol. The number of nitrogens with one attached hydrogen (secondary N) is 3. The maximum atomic E-state index is 8.07. The molecule has 3 aromatic rings. The van der Waals surface area contributed by atoms with Crippen LogP contribution in [0, 0.1) is 5.41 Å². The number of ether oxygens (including phenoxy) is 1. The molecule has 0 bridgehead atoms. The van der Waals surface area contributed by atoms with Crippen LogP contribution in [-0.4, -0.2) is 66.2 Å². The summed E-state index contributed by atoms with van der Waals surface area (Å²) in [4.78, 5) is 12.0. The number of rotatable bonds is 11. The van der Waals surface area contributed by atoms with Crippen molar-refractivity contribution in [2.24, 2.45) is 0 Å². The fourth-order valence-electron chi connectivity index (χ4n) is 3.78. The highest BCUT2D eigenvalue weighted by Crippen LogP contribution is 2.27. The van der Waals surface area contributed by atoms with E-state index in [1.807, 2.05) is 36.4 Å². The molecule has 0 radical (unpaired) electrons. The van der Waals surface area contributed by atoms with Crippen LogP contribution in [0.4, 0.5) is 17.3 Å². The van der Waals surface area contributed by atoms with Crippen molar-refractivity contribution < 1.29 is 4.74 Å². The van der Waals surface area contributed by atoms with Gasteiger partial charge in [0.25, 0.3) is 0 Å². The van der Waals surface area contributed by atoms with Crippen molar-refractivity contribution in [3.05, 3.63) is 71.8 Å². The molecule has 1 unspecified atom stereocenters. The zero-order valence-corrected chi connectivity index (χ0v) is 20.4. The summed E-state index contributed by atoms with van der Waals surface area (Å²) in [6, 6.07) is 20.3. The Balaban J connectivity index is 1.52. The Morgan fingerprint density at radius 3 is 2.41 bits per heavy atom. The molecule has 0 saturated carbocycles. The van der Waals surface area contributed by atoms with Crippen molar-refractivity contribution in [1.29, 1.82) is 5.41 Å². The molecule has 1 aliphatic heterocycles. The summed E-state index contributed by atoms with van der Waals surface area (Å²) in [5, 5.41) is 15.6. The first-order valence-corrected chi connectivity index (χ1v) is 12.7. The SMILES string of the molecule is CC(CNc1nc(SCCN2CCOCC2)nc(Nc2ccccc2)c1C=N)c1ccccc1. The van der Waals surface area contributed by atoms with Crippen LogP contribution in [0.1, 0.15) is 24.0 Å². The largest absolute Gasteiger partial charge is 0.379 e. The summed E-state index contributed by atoms with van der Waals surface area (Å²) < 4.78 is 5.45. The molecule has 0 spiro atoms. The molecule has 0 amide bonds. The molecule has 34 heavy (non-hydrogen) atoms. The standard InChI is InChI=1S/C26H32N6OS/c1-20(21-8-4-2-5-9-21)19-28-24-23(18-27)25(29-22-10-6-3-7-11-22)31-26(30-24)34-17-14-32-12-15-33-16-13-32/h2-11,18,20,27H,12-17,19H2,1H3,(H2,28,29,30,31). The smallest absolute Gasteiger partial charge is 0.191 e. The number of para-hydroxylation sites is 1. The van der Waals surface area contributed by atoms with E-state index in [0.29, 0.717) is 34.8 Å². The van der Waals surface area contributed by atoms with E-state index in [0.717, 1.165) is 44.3 Å². The van der Waals surface area contributed by atoms with E-state index in [9.17, 15) is 0 Å². The fraction of sp³-hybridized carbons (Fsp3) is 0.346. The van der Waals surface area contributed by atoms with Gasteiger partial charge in [-0.15, -0.1) is 0 Å². The molecular weight excluding hydrogens is 444 g/mol. The number of hydrogen-bond acceptors (Lipinski definition) is 8. The first-order valence-electron chi connectivity index (χ1n) is 11.7. The highest BCUT2D eigenvalue weighted by atomic mass is 32.2. The highest BCUT2D eigenvalue weighted by Gasteiger charge is 2.16. The minimum absolute atomic E-state index is 0.303. The zero-order valence-electron chi connectivity index (χ0n) is 19.5. The molecule has 4 rings (SSSR count). The average Bonchev–Trinajstić information content (AvgIpc) is 2.89. The van der Waals surface area contributed by atoms with Crippen molar-refractivity contribution in [2.75, 3.05) is 55.8 Å². The van der Waals surface area contributed by atoms with Gasteiger partial charge in [0.05, 0.1) is 18.8 Å². The van der Waals surface area contributed by atoms with Gasteiger partial charge >= 0.3 is 0 Å². The van der Waals surface area contributed by atoms with Crippen LogP contribution in [0.15, 0.2) is 65.8 Å². The highest BCUT2D eigenvalue weighted by molar-refractivity contribution is 7.99. The van der Waals surface area contributed by atoms with Gasteiger partial charge in [-0.1, -0.05) is 67.2 Å². The number of anilines is 3. The number of thioether (sulfide) groups is 1. The second-order valence-electron chi connectivity index (χ2n) is 8.25. The summed E-state index contributed by atoms with van der Waals surface area (Å²) in [7, 11) is 0. The molecule has 2 heterocycles. The molecule has 178 valence electrons. The number of benzene rings is 2. The summed E-state index contributed by atoms with van der Waals surface area (Å²) in [6.45, 7) is 7.42. The summed E-state index contributed by atoms with van der Waals surface area (Å²) in [5.74, 6) is 2.52. The van der Waals surface area contributed by atoms with Gasteiger partial charge in [0, 0.05) is 43.8 Å². The third kappa shape index (κ3) is 6.79. The van der Waals surface area contributed by atoms with Crippen molar-refractivity contribution in [3.8, 4) is 0 Å². The van der Waals surface area contributed by atoms with E-state index in [1.54, 1.807) is 11.8 Å². The van der Waals surface area contributed by atoms with Crippen molar-refractivity contribution in [2.45, 2.75) is 18.0 Å². The van der Waals surface area contributed by atoms with Crippen molar-refractivity contribution in [3.63, 3.8) is 0 Å². The van der Waals surface area contributed by atoms with Gasteiger partial charge in [0.2, 0.25) is 0 Å². The second kappa shape index (κ2) is 12.5. The topological polar surface area (TPSA) is 86.2 Å². The number of hydrogen-bond donors (Lipinski definition) is 3. The second-order valence-corrected chi connectivity index (χ2v) is 9.31. The first kappa shape index (κ1) is 24.2. The molecule has 2 aromatic carbocycles. The maximum Gasteiger partial charge on any atom is 0.191 e. The van der Waals surface area contributed by atoms with E-state index < -0.39 is 0 Å². The van der Waals surface area contributed by atoms with Crippen LogP contribution in [0.25, 0.3) is 0 Å². The molecule has 3 N–H and O–H groups in total. The molecule has 7 nitrogen and oxygen atoms in total. The van der Waals surface area contributed by atoms with Gasteiger partial charge in [-0.25, -0.2) is 9.97 Å². The van der Waals surface area contributed by atoms with Gasteiger partial charge in [-0.05, 0) is 23.6 Å². The Morgan fingerprint density at radius 1 is 1.03 bits per heavy atom. The lowest BCUT2D eigenvalue weighted by atomic mass is 10.0. The third-order valence-electron chi connectivity index (χ3n) is 5.79. The lowest BCUT2D eigenvalue weighted by Gasteiger charge is -2.26. The fourth-order valence-corrected chi connectivity index (χ4v) is 4.62. The third-order valence-corrected chi connectivity index (χ3v) is 6.62. The molecule has 1 saturated heterocycles. The van der Waals surface area contributed by atoms with Crippen molar-refractivity contribution in [1.82, 2.24) is 14.9 Å². The van der Waals surface area contributed by atoms with Crippen LogP contribution >= 0.6 is 11.8 Å². The molecule has 1 fully saturated rings. The summed E-state index contributed by atoms with van der Waals surface area (Å²) in [6.07, 6.45) is 1.32. The molecule has 1 atom stereocenters. The van der Waals surface area contributed by atoms with E-state index in [2.05, 4.69) is 46.7 Å². The normalized spacial score (nSPS) is 15.0. The Bertz CT molecular complexity index is 1040. The molecule has 8 heteroatoms. The van der Waals surface area contributed by atoms with Gasteiger partial charge < -0.3 is 20.8 Å². The van der Waals surface area contributed by atoms with E-state index in [1.165, 1.54) is 11.8 Å². The van der Waals surface area contributed by atoms with E-state index >= 15 is 0 Å². The summed E-state index contributed by atoms with van der Waals surface area (Å²) in [5.41, 5.74) is 2.85. The Labute approximate surface area is 205 Å². The first-order chi connectivity index (χ1) is 16.7. The quantitative estimate of drug-likeness (QED) is 0.207. The van der Waals surface area contributed by atoms with Gasteiger partial charge in [-0.2, -0.15) is 0 Å². The van der Waals surface area contributed by atoms with Crippen LogP contribution in [-0.2, 0) is 4.74 Å². The molecule has 1 aromatic heterocycles. The maximum absolute atomic E-state index is 8.07. The van der Waals surface area contributed by atoms with Gasteiger partial charge in [0.1, 0.15) is 11.6 Å². The van der Waals surface area contributed by atoms with Crippen LogP contribution in [0.2, 0.25) is 0 Å². The predicted octanol–water partition coefficient (Wildman–Crippen LogP) is 4.86. The number of morpholine rings is 1. The van der Waals surface area contributed by atoms with Crippen LogP contribution < -0.4 is 10.6 Å². The number of aromatic nitrogens is 2. The lowest BCUT2D eigenvalue weighted by molar-refractivity contribution is 0.0410. The minimum Gasteiger partial charge on any atom is -0.379 e. The van der Waals surface area contributed by atoms with Crippen LogP contribution in [0.5, 0.6) is 0 Å². The molecular formula is C26H32N6OS. The Hall–Kier alpha value is -2.94. The predicted molar refractivity (Wildman–Crippen MR) is 141 cm³/mol. The Morgan fingerprint density at radius 2 is 1.71 bits per heavy atom. The molecule has 0 aliphatic carbocycles. The van der Waals surface area contributed by atoms with Crippen LogP contribution in [0.3, 0.4) is 0 Å². The Kier molecular flexibility index (Phi) is 8.90. The molecule has 1 aliphatic rings. The number of nitrogens with zero attached hydrogens (tertiary/aromatic N) is 3. The van der Waals surface area contributed by atoms with E-state index in [-0.39, 0.29) is 0 Å². The zero-order chi connectivity index (χ0) is 23.6. The van der Waals surface area contributed by atoms with Crippen molar-refractivity contribution >= 4 is 35.3 Å². The van der Waals surface area contributed by atoms with E-state index in [4.69, 9.17) is 20.1 Å². The van der Waals surface area contributed by atoms with Gasteiger partial charge in [0.15, 0.2) is 5.16 Å². The lowest BCUT2D eigenvalue weighted by Crippen LogP contribution is -2.37. The average molecular weight is 477 g/mol. The van der Waals surface area contributed by atoms with Gasteiger partial charge in [-0.3, -0.25) is 4.90 Å². The minimum atomic E-state index is 0.303. The summed E-state index contributed by atoms with van der Waals surface area (Å²) >= 11 is 1.64.